The first-order valence-electron chi connectivity index (χ1n) is 5.30. The minimum atomic E-state index is -0.229. The van der Waals surface area contributed by atoms with Crippen LogP contribution in [-0.2, 0) is 5.54 Å². The summed E-state index contributed by atoms with van der Waals surface area (Å²) in [5, 5.41) is 0. The second-order valence-corrected chi connectivity index (χ2v) is 4.42. The van der Waals surface area contributed by atoms with Gasteiger partial charge in [-0.15, -0.1) is 0 Å². The first-order valence-corrected chi connectivity index (χ1v) is 5.30. The van der Waals surface area contributed by atoms with Crippen LogP contribution in [0.2, 0.25) is 0 Å². The molecule has 3 rings (SSSR count). The standard InChI is InChI=1S/C11H14N4/c1-7-3-6-13-9-8(7)14-10(15-9)11(12)4-2-5-11/h3,6H,2,4-5,12H2,1H3,(H,13,14,15). The summed E-state index contributed by atoms with van der Waals surface area (Å²) in [6.07, 6.45) is 5.02. The summed E-state index contributed by atoms with van der Waals surface area (Å²) in [6, 6.07) is 1.98. The van der Waals surface area contributed by atoms with Crippen LogP contribution in [0.4, 0.5) is 0 Å². The zero-order valence-corrected chi connectivity index (χ0v) is 8.75. The third-order valence-corrected chi connectivity index (χ3v) is 3.32. The fraction of sp³-hybridized carbons (Fsp3) is 0.455. The number of H-pyrrole nitrogens is 1. The number of aromatic nitrogens is 3. The van der Waals surface area contributed by atoms with E-state index in [-0.39, 0.29) is 5.54 Å². The number of nitrogens with two attached hydrogens (primary N) is 1. The van der Waals surface area contributed by atoms with Gasteiger partial charge in [0.15, 0.2) is 5.65 Å². The van der Waals surface area contributed by atoms with Gasteiger partial charge in [-0.1, -0.05) is 0 Å². The lowest BCUT2D eigenvalue weighted by Crippen LogP contribution is -2.44. The van der Waals surface area contributed by atoms with Gasteiger partial charge in [-0.2, -0.15) is 0 Å². The van der Waals surface area contributed by atoms with Crippen molar-refractivity contribution in [3.63, 3.8) is 0 Å². The molecule has 4 nitrogen and oxygen atoms in total. The summed E-state index contributed by atoms with van der Waals surface area (Å²) in [6.45, 7) is 2.05. The zero-order valence-electron chi connectivity index (χ0n) is 8.75. The zero-order chi connectivity index (χ0) is 10.5. The van der Waals surface area contributed by atoms with Gasteiger partial charge in [0, 0.05) is 6.20 Å². The van der Waals surface area contributed by atoms with Crippen LogP contribution in [-0.4, -0.2) is 15.0 Å². The Labute approximate surface area is 87.9 Å². The van der Waals surface area contributed by atoms with E-state index in [9.17, 15) is 0 Å². The SMILES string of the molecule is Cc1ccnc2nc(C3(N)CCC3)[nH]c12. The molecular weight excluding hydrogens is 188 g/mol. The van der Waals surface area contributed by atoms with Crippen molar-refractivity contribution in [2.45, 2.75) is 31.7 Å². The van der Waals surface area contributed by atoms with Crippen molar-refractivity contribution in [2.75, 3.05) is 0 Å². The summed E-state index contributed by atoms with van der Waals surface area (Å²) in [5.41, 5.74) is 8.95. The number of imidazole rings is 1. The quantitative estimate of drug-likeness (QED) is 0.738. The maximum absolute atomic E-state index is 6.22. The minimum Gasteiger partial charge on any atom is -0.339 e. The molecule has 4 heteroatoms. The van der Waals surface area contributed by atoms with Crippen molar-refractivity contribution in [1.82, 2.24) is 15.0 Å². The summed E-state index contributed by atoms with van der Waals surface area (Å²) < 4.78 is 0. The first kappa shape index (κ1) is 8.85. The Morgan fingerprint density at radius 1 is 1.47 bits per heavy atom. The van der Waals surface area contributed by atoms with E-state index in [4.69, 9.17) is 5.73 Å². The lowest BCUT2D eigenvalue weighted by atomic mass is 9.77. The molecule has 1 aliphatic rings. The molecule has 1 aliphatic carbocycles. The molecule has 2 heterocycles. The predicted molar refractivity (Wildman–Crippen MR) is 58.3 cm³/mol. The monoisotopic (exact) mass is 202 g/mol. The molecule has 15 heavy (non-hydrogen) atoms. The molecule has 0 atom stereocenters. The van der Waals surface area contributed by atoms with E-state index in [1.165, 1.54) is 12.0 Å². The molecule has 1 fully saturated rings. The number of aryl methyl sites for hydroxylation is 1. The number of hydrogen-bond donors (Lipinski definition) is 2. The summed E-state index contributed by atoms with van der Waals surface area (Å²) in [7, 11) is 0. The maximum atomic E-state index is 6.22. The summed E-state index contributed by atoms with van der Waals surface area (Å²) in [5.74, 6) is 0.894. The molecule has 2 aromatic heterocycles. The van der Waals surface area contributed by atoms with Gasteiger partial charge in [0.1, 0.15) is 5.82 Å². The van der Waals surface area contributed by atoms with Gasteiger partial charge in [-0.25, -0.2) is 9.97 Å². The third kappa shape index (κ3) is 1.18. The molecule has 0 amide bonds. The van der Waals surface area contributed by atoms with E-state index in [1.807, 2.05) is 6.07 Å². The number of pyridine rings is 1. The van der Waals surface area contributed by atoms with Crippen LogP contribution < -0.4 is 5.73 Å². The van der Waals surface area contributed by atoms with Crippen LogP contribution in [0.3, 0.4) is 0 Å². The number of fused-ring (bicyclic) bond motifs is 1. The normalized spacial score (nSPS) is 19.1. The molecule has 1 saturated carbocycles. The fourth-order valence-corrected chi connectivity index (χ4v) is 2.07. The van der Waals surface area contributed by atoms with E-state index in [1.54, 1.807) is 6.20 Å². The average molecular weight is 202 g/mol. The topological polar surface area (TPSA) is 67.6 Å². The van der Waals surface area contributed by atoms with Crippen molar-refractivity contribution >= 4 is 11.2 Å². The Balaban J connectivity index is 2.18. The molecular formula is C11H14N4. The van der Waals surface area contributed by atoms with Crippen LogP contribution in [0.25, 0.3) is 11.2 Å². The van der Waals surface area contributed by atoms with Crippen LogP contribution >= 0.6 is 0 Å². The van der Waals surface area contributed by atoms with Crippen molar-refractivity contribution in [1.29, 1.82) is 0 Å². The maximum Gasteiger partial charge on any atom is 0.178 e. The smallest absolute Gasteiger partial charge is 0.178 e. The molecule has 0 bridgehead atoms. The Hall–Kier alpha value is -1.42. The molecule has 2 aromatic rings. The van der Waals surface area contributed by atoms with Gasteiger partial charge in [0.05, 0.1) is 11.1 Å². The summed E-state index contributed by atoms with van der Waals surface area (Å²) >= 11 is 0. The van der Waals surface area contributed by atoms with E-state index < -0.39 is 0 Å². The van der Waals surface area contributed by atoms with Crippen LogP contribution in [0.5, 0.6) is 0 Å². The molecule has 0 aliphatic heterocycles. The van der Waals surface area contributed by atoms with Gasteiger partial charge in [0.2, 0.25) is 0 Å². The summed E-state index contributed by atoms with van der Waals surface area (Å²) in [4.78, 5) is 12.0. The minimum absolute atomic E-state index is 0.229. The number of rotatable bonds is 1. The molecule has 0 aromatic carbocycles. The van der Waals surface area contributed by atoms with E-state index >= 15 is 0 Å². The van der Waals surface area contributed by atoms with Gasteiger partial charge in [0.25, 0.3) is 0 Å². The number of nitrogens with zero attached hydrogens (tertiary/aromatic N) is 2. The lowest BCUT2D eigenvalue weighted by Gasteiger charge is -2.35. The third-order valence-electron chi connectivity index (χ3n) is 3.32. The molecule has 78 valence electrons. The van der Waals surface area contributed by atoms with Gasteiger partial charge in [-0.05, 0) is 37.8 Å². The predicted octanol–water partition coefficient (Wildman–Crippen LogP) is 1.60. The molecule has 0 spiro atoms. The first-order chi connectivity index (χ1) is 7.19. The Bertz CT molecular complexity index is 510. The molecule has 0 radical (unpaired) electrons. The lowest BCUT2D eigenvalue weighted by molar-refractivity contribution is 0.240. The van der Waals surface area contributed by atoms with Crippen molar-refractivity contribution < 1.29 is 0 Å². The Kier molecular flexibility index (Phi) is 1.65. The number of hydrogen-bond acceptors (Lipinski definition) is 3. The van der Waals surface area contributed by atoms with E-state index in [0.717, 1.165) is 29.8 Å². The number of aromatic amines is 1. The molecule has 0 saturated heterocycles. The second-order valence-electron chi connectivity index (χ2n) is 4.42. The highest BCUT2D eigenvalue weighted by Crippen LogP contribution is 2.37. The highest BCUT2D eigenvalue weighted by Gasteiger charge is 2.37. The number of nitrogens with one attached hydrogen (secondary N) is 1. The van der Waals surface area contributed by atoms with E-state index in [0.29, 0.717) is 0 Å². The average Bonchev–Trinajstić information content (AvgIpc) is 2.59. The largest absolute Gasteiger partial charge is 0.339 e. The van der Waals surface area contributed by atoms with Crippen LogP contribution in [0, 0.1) is 6.92 Å². The molecule has 3 N–H and O–H groups in total. The van der Waals surface area contributed by atoms with Crippen molar-refractivity contribution in [3.8, 4) is 0 Å². The second kappa shape index (κ2) is 2.79. The van der Waals surface area contributed by atoms with E-state index in [2.05, 4.69) is 21.9 Å². The molecule has 0 unspecified atom stereocenters. The van der Waals surface area contributed by atoms with Crippen LogP contribution in [0.1, 0.15) is 30.7 Å². The fourth-order valence-electron chi connectivity index (χ4n) is 2.07. The van der Waals surface area contributed by atoms with Crippen LogP contribution in [0.15, 0.2) is 12.3 Å². The van der Waals surface area contributed by atoms with Gasteiger partial charge >= 0.3 is 0 Å². The Morgan fingerprint density at radius 2 is 2.27 bits per heavy atom. The van der Waals surface area contributed by atoms with Gasteiger partial charge < -0.3 is 10.7 Å². The highest BCUT2D eigenvalue weighted by molar-refractivity contribution is 5.74. The highest BCUT2D eigenvalue weighted by atomic mass is 15.0. The Morgan fingerprint density at radius 3 is 2.87 bits per heavy atom. The van der Waals surface area contributed by atoms with Crippen molar-refractivity contribution in [2.24, 2.45) is 5.73 Å². The van der Waals surface area contributed by atoms with Gasteiger partial charge in [-0.3, -0.25) is 0 Å². The van der Waals surface area contributed by atoms with Crippen molar-refractivity contribution in [3.05, 3.63) is 23.7 Å².